The van der Waals surface area contributed by atoms with Crippen molar-refractivity contribution in [3.05, 3.63) is 68.2 Å². The zero-order chi connectivity index (χ0) is 22.7. The first-order valence-electron chi connectivity index (χ1n) is 6.90. The van der Waals surface area contributed by atoms with Gasteiger partial charge in [-0.1, -0.05) is 23.2 Å². The third kappa shape index (κ3) is 6.29. The van der Waals surface area contributed by atoms with Crippen LogP contribution in [0.2, 0.25) is 10.0 Å². The number of hydrogen-bond donors (Lipinski definition) is 1. The van der Waals surface area contributed by atoms with Crippen LogP contribution in [0.3, 0.4) is 0 Å². The summed E-state index contributed by atoms with van der Waals surface area (Å²) >= 11 is 10.3. The average Bonchev–Trinajstić information content (AvgIpc) is 2.57. The number of rotatable bonds is 2. The van der Waals surface area contributed by atoms with E-state index in [1.807, 2.05) is 0 Å². The highest BCUT2D eigenvalue weighted by atomic mass is 35.5. The molecular formula is C16H6Cl2F8O3. The fraction of sp³-hybridized carbons (Fsp3) is 0.125. The Kier molecular flexibility index (Phi) is 7.61. The highest BCUT2D eigenvalue weighted by Gasteiger charge is 2.33. The van der Waals surface area contributed by atoms with E-state index >= 15 is 0 Å². The summed E-state index contributed by atoms with van der Waals surface area (Å²) < 4.78 is 98.6. The molecule has 2 aromatic rings. The molecule has 0 amide bonds. The van der Waals surface area contributed by atoms with Gasteiger partial charge >= 0.3 is 18.3 Å². The summed E-state index contributed by atoms with van der Waals surface area (Å²) in [6.07, 6.45) is -9.42. The lowest BCUT2D eigenvalue weighted by molar-refractivity contribution is -0.138. The number of alkyl halides is 6. The number of aldehydes is 1. The van der Waals surface area contributed by atoms with Gasteiger partial charge in [-0.15, -0.1) is 0 Å². The van der Waals surface area contributed by atoms with Crippen LogP contribution >= 0.6 is 23.2 Å². The lowest BCUT2D eigenvalue weighted by Gasteiger charge is -2.08. The number of hydrogen-bond acceptors (Lipinski definition) is 2. The van der Waals surface area contributed by atoms with Crippen molar-refractivity contribution in [2.24, 2.45) is 0 Å². The third-order valence-corrected chi connectivity index (χ3v) is 3.65. The second-order valence-corrected chi connectivity index (χ2v) is 5.91. The van der Waals surface area contributed by atoms with Gasteiger partial charge in [0.2, 0.25) is 0 Å². The lowest BCUT2D eigenvalue weighted by Crippen LogP contribution is -2.09. The van der Waals surface area contributed by atoms with E-state index in [-0.39, 0.29) is 12.4 Å². The summed E-state index contributed by atoms with van der Waals surface area (Å²) in [6, 6.07) is 1.38. The summed E-state index contributed by atoms with van der Waals surface area (Å²) in [5, 5.41) is 6.82. The highest BCUT2D eigenvalue weighted by molar-refractivity contribution is 6.31. The topological polar surface area (TPSA) is 54.4 Å². The molecular weight excluding hydrogens is 463 g/mol. The molecule has 0 atom stereocenters. The van der Waals surface area contributed by atoms with Crippen molar-refractivity contribution in [3.63, 3.8) is 0 Å². The Labute approximate surface area is 166 Å². The maximum atomic E-state index is 12.9. The highest BCUT2D eigenvalue weighted by Crippen LogP contribution is 2.34. The maximum Gasteiger partial charge on any atom is 0.416 e. The number of carbonyl (C=O) groups excluding carboxylic acids is 1. The molecule has 0 saturated carbocycles. The quantitative estimate of drug-likeness (QED) is 0.404. The second-order valence-electron chi connectivity index (χ2n) is 5.10. The number of halogens is 10. The van der Waals surface area contributed by atoms with Crippen LogP contribution in [0, 0.1) is 11.6 Å². The average molecular weight is 469 g/mol. The Hall–Kier alpha value is -2.40. The lowest BCUT2D eigenvalue weighted by atomic mass is 10.1. The van der Waals surface area contributed by atoms with Crippen LogP contribution in [0.5, 0.6) is 0 Å². The van der Waals surface area contributed by atoms with Crippen molar-refractivity contribution in [1.82, 2.24) is 0 Å². The van der Waals surface area contributed by atoms with Crippen LogP contribution in [0.1, 0.15) is 31.8 Å². The van der Waals surface area contributed by atoms with Crippen molar-refractivity contribution in [1.29, 1.82) is 0 Å². The van der Waals surface area contributed by atoms with E-state index in [4.69, 9.17) is 28.3 Å². The number of benzene rings is 2. The van der Waals surface area contributed by atoms with E-state index in [1.165, 1.54) is 0 Å². The van der Waals surface area contributed by atoms with E-state index in [9.17, 15) is 44.7 Å². The molecule has 0 radical (unpaired) electrons. The van der Waals surface area contributed by atoms with E-state index in [1.54, 1.807) is 0 Å². The van der Waals surface area contributed by atoms with Gasteiger partial charge in [0.25, 0.3) is 0 Å². The molecule has 3 nitrogen and oxygen atoms in total. The Morgan fingerprint density at radius 3 is 1.62 bits per heavy atom. The van der Waals surface area contributed by atoms with Gasteiger partial charge in [0, 0.05) is 0 Å². The second kappa shape index (κ2) is 8.95. The van der Waals surface area contributed by atoms with Gasteiger partial charge < -0.3 is 5.11 Å². The molecule has 0 fully saturated rings. The van der Waals surface area contributed by atoms with Crippen LogP contribution in [-0.4, -0.2) is 17.4 Å². The molecule has 2 rings (SSSR count). The monoisotopic (exact) mass is 468 g/mol. The molecule has 0 saturated heterocycles. The standard InChI is InChI=1S/C8H3ClF4O2.C8H3ClF4O/c9-5-2-3(8(11,12)13)1-4(6(5)10)7(14)15;9-6-2-5(8(11,12)13)1-4(3-14)7(6)10/h1-2H,(H,14,15);1-3H. The Bertz CT molecular complexity index is 939. The smallest absolute Gasteiger partial charge is 0.416 e. The summed E-state index contributed by atoms with van der Waals surface area (Å²) in [5.41, 5.74) is -4.25. The van der Waals surface area contributed by atoms with Gasteiger partial charge in [-0.25, -0.2) is 13.6 Å². The van der Waals surface area contributed by atoms with Gasteiger partial charge in [-0.2, -0.15) is 26.3 Å². The van der Waals surface area contributed by atoms with Crippen LogP contribution < -0.4 is 0 Å². The summed E-state index contributed by atoms with van der Waals surface area (Å²) in [7, 11) is 0. The fourth-order valence-electron chi connectivity index (χ4n) is 1.77. The van der Waals surface area contributed by atoms with Gasteiger partial charge in [-0.3, -0.25) is 4.79 Å². The van der Waals surface area contributed by atoms with Crippen LogP contribution in [0.4, 0.5) is 35.1 Å². The predicted octanol–water partition coefficient (Wildman–Crippen LogP) is 6.51. The molecule has 1 N–H and O–H groups in total. The normalized spacial score (nSPS) is 11.5. The number of carbonyl (C=O) groups is 2. The molecule has 0 spiro atoms. The maximum absolute atomic E-state index is 12.9. The van der Waals surface area contributed by atoms with Gasteiger partial charge in [-0.05, 0) is 24.3 Å². The van der Waals surface area contributed by atoms with Crippen LogP contribution in [0.15, 0.2) is 24.3 Å². The molecule has 0 heterocycles. The molecule has 0 bridgehead atoms. The number of carboxylic acids is 1. The zero-order valence-electron chi connectivity index (χ0n) is 13.4. The van der Waals surface area contributed by atoms with E-state index in [0.29, 0.717) is 18.2 Å². The minimum absolute atomic E-state index is 0.0174. The Morgan fingerprint density at radius 1 is 0.828 bits per heavy atom. The van der Waals surface area contributed by atoms with Gasteiger partial charge in [0.1, 0.15) is 0 Å². The molecule has 0 aliphatic heterocycles. The molecule has 29 heavy (non-hydrogen) atoms. The Balaban J connectivity index is 0.000000291. The number of aromatic carboxylic acids is 1. The van der Waals surface area contributed by atoms with Crippen molar-refractivity contribution >= 4 is 35.5 Å². The molecule has 13 heteroatoms. The largest absolute Gasteiger partial charge is 0.478 e. The van der Waals surface area contributed by atoms with Crippen molar-refractivity contribution < 1.29 is 49.8 Å². The van der Waals surface area contributed by atoms with Crippen molar-refractivity contribution in [3.8, 4) is 0 Å². The first-order valence-corrected chi connectivity index (χ1v) is 7.66. The summed E-state index contributed by atoms with van der Waals surface area (Å²) in [6.45, 7) is 0. The Morgan fingerprint density at radius 2 is 1.24 bits per heavy atom. The predicted molar refractivity (Wildman–Crippen MR) is 85.2 cm³/mol. The van der Waals surface area contributed by atoms with E-state index in [0.717, 1.165) is 0 Å². The van der Waals surface area contributed by atoms with E-state index < -0.39 is 62.3 Å². The SMILES string of the molecule is O=C(O)c1cc(C(F)(F)F)cc(Cl)c1F.O=Cc1cc(C(F)(F)F)cc(Cl)c1F. The first kappa shape index (κ1) is 24.6. The van der Waals surface area contributed by atoms with Gasteiger partial charge in [0.05, 0.1) is 32.3 Å². The summed E-state index contributed by atoms with van der Waals surface area (Å²) in [4.78, 5) is 20.6. The molecule has 0 unspecified atom stereocenters. The molecule has 2 aromatic carbocycles. The van der Waals surface area contributed by atoms with Crippen molar-refractivity contribution in [2.45, 2.75) is 12.4 Å². The van der Waals surface area contributed by atoms with Crippen LogP contribution in [0.25, 0.3) is 0 Å². The van der Waals surface area contributed by atoms with Crippen LogP contribution in [-0.2, 0) is 12.4 Å². The van der Waals surface area contributed by atoms with E-state index in [2.05, 4.69) is 0 Å². The summed E-state index contributed by atoms with van der Waals surface area (Å²) in [5.74, 6) is -4.33. The molecule has 158 valence electrons. The minimum Gasteiger partial charge on any atom is -0.478 e. The first-order chi connectivity index (χ1) is 13.1. The van der Waals surface area contributed by atoms with Crippen molar-refractivity contribution in [2.75, 3.05) is 0 Å². The van der Waals surface area contributed by atoms with Gasteiger partial charge in [0.15, 0.2) is 17.9 Å². The fourth-order valence-corrected chi connectivity index (χ4v) is 2.21. The third-order valence-electron chi connectivity index (χ3n) is 3.10. The zero-order valence-corrected chi connectivity index (χ0v) is 14.9. The molecule has 0 aromatic heterocycles. The minimum atomic E-state index is -4.76. The molecule has 0 aliphatic carbocycles. The molecule has 0 aliphatic rings. The number of carboxylic acid groups (broad SMARTS) is 1.